The van der Waals surface area contributed by atoms with E-state index in [4.69, 9.17) is 4.52 Å². The number of aryl methyl sites for hydroxylation is 1. The highest BCUT2D eigenvalue weighted by Gasteiger charge is 2.18. The van der Waals surface area contributed by atoms with Crippen LogP contribution in [0.5, 0.6) is 0 Å². The second-order valence-electron chi connectivity index (χ2n) is 6.57. The van der Waals surface area contributed by atoms with Crippen LogP contribution in [0.1, 0.15) is 5.76 Å². The Kier molecular flexibility index (Phi) is 4.96. The Bertz CT molecular complexity index is 1430. The van der Waals surface area contributed by atoms with E-state index >= 15 is 0 Å². The van der Waals surface area contributed by atoms with Crippen LogP contribution in [-0.4, -0.2) is 22.0 Å². The van der Waals surface area contributed by atoms with E-state index in [1.807, 2.05) is 24.3 Å². The summed E-state index contributed by atoms with van der Waals surface area (Å²) in [6, 6.07) is 19.1. The lowest BCUT2D eigenvalue weighted by molar-refractivity contribution is 0.400. The van der Waals surface area contributed by atoms with Gasteiger partial charge in [0.2, 0.25) is 0 Å². The van der Waals surface area contributed by atoms with Crippen molar-refractivity contribution in [3.05, 3.63) is 78.6 Å². The monoisotopic (exact) mass is 443 g/mol. The molecule has 0 fully saturated rings. The van der Waals surface area contributed by atoms with Crippen LogP contribution in [0.15, 0.2) is 87.1 Å². The first kappa shape index (κ1) is 19.9. The molecule has 0 bridgehead atoms. The fourth-order valence-electron chi connectivity index (χ4n) is 2.86. The Morgan fingerprint density at radius 3 is 2.03 bits per heavy atom. The minimum atomic E-state index is -3.89. The normalized spacial score (nSPS) is 12.0. The molecule has 10 heteroatoms. The van der Waals surface area contributed by atoms with Crippen molar-refractivity contribution < 1.29 is 21.4 Å². The van der Waals surface area contributed by atoms with E-state index in [0.29, 0.717) is 5.76 Å². The zero-order valence-corrected chi connectivity index (χ0v) is 17.4. The summed E-state index contributed by atoms with van der Waals surface area (Å²) in [7, 11) is -7.72. The first-order valence-corrected chi connectivity index (χ1v) is 11.8. The summed E-state index contributed by atoms with van der Waals surface area (Å²) < 4.78 is 59.9. The highest BCUT2D eigenvalue weighted by Crippen LogP contribution is 2.23. The van der Waals surface area contributed by atoms with Gasteiger partial charge in [-0.05, 0) is 54.1 Å². The van der Waals surface area contributed by atoms with Gasteiger partial charge in [-0.2, -0.15) is 0 Å². The highest BCUT2D eigenvalue weighted by atomic mass is 32.2. The van der Waals surface area contributed by atoms with Crippen molar-refractivity contribution in [2.24, 2.45) is 0 Å². The molecular weight excluding hydrogens is 426 g/mol. The first-order valence-electron chi connectivity index (χ1n) is 8.81. The molecule has 4 aromatic rings. The highest BCUT2D eigenvalue weighted by molar-refractivity contribution is 7.93. The van der Waals surface area contributed by atoms with Crippen LogP contribution in [0.3, 0.4) is 0 Å². The lowest BCUT2D eigenvalue weighted by Crippen LogP contribution is -2.14. The summed E-state index contributed by atoms with van der Waals surface area (Å²) in [6.45, 7) is 1.64. The van der Waals surface area contributed by atoms with E-state index in [2.05, 4.69) is 14.6 Å². The van der Waals surface area contributed by atoms with E-state index < -0.39 is 20.0 Å². The standard InChI is InChI=1S/C20H17N3O5S2/c1-14-12-20(21-28-14)23-29(24,25)18-10-7-17(8-11-18)22-30(26,27)19-9-6-15-4-2-3-5-16(15)13-19/h2-13,22H,1H3,(H,21,23). The molecule has 0 saturated heterocycles. The van der Waals surface area contributed by atoms with Gasteiger partial charge in [-0.15, -0.1) is 0 Å². The first-order chi connectivity index (χ1) is 14.2. The van der Waals surface area contributed by atoms with Crippen molar-refractivity contribution in [2.75, 3.05) is 9.44 Å². The van der Waals surface area contributed by atoms with Gasteiger partial charge in [0.25, 0.3) is 20.0 Å². The average Bonchev–Trinajstić information content (AvgIpc) is 3.11. The van der Waals surface area contributed by atoms with Gasteiger partial charge in [0, 0.05) is 11.8 Å². The number of nitrogens with one attached hydrogen (secondary N) is 2. The fraction of sp³-hybridized carbons (Fsp3) is 0.0500. The van der Waals surface area contributed by atoms with E-state index in [1.54, 1.807) is 19.1 Å². The molecule has 0 saturated carbocycles. The third kappa shape index (κ3) is 4.14. The predicted octanol–water partition coefficient (Wildman–Crippen LogP) is 3.74. The number of anilines is 2. The van der Waals surface area contributed by atoms with Crippen LogP contribution < -0.4 is 9.44 Å². The summed E-state index contributed by atoms with van der Waals surface area (Å²) >= 11 is 0. The Balaban J connectivity index is 1.54. The Labute approximate surface area is 173 Å². The second-order valence-corrected chi connectivity index (χ2v) is 9.93. The molecule has 8 nitrogen and oxygen atoms in total. The maximum Gasteiger partial charge on any atom is 0.263 e. The zero-order chi connectivity index (χ0) is 21.4. The van der Waals surface area contributed by atoms with E-state index in [-0.39, 0.29) is 21.3 Å². The van der Waals surface area contributed by atoms with Gasteiger partial charge in [0.15, 0.2) is 5.82 Å². The van der Waals surface area contributed by atoms with Gasteiger partial charge >= 0.3 is 0 Å². The Morgan fingerprint density at radius 2 is 1.37 bits per heavy atom. The molecule has 1 heterocycles. The minimum absolute atomic E-state index is 0.0446. The number of nitrogens with zero attached hydrogens (tertiary/aromatic N) is 1. The molecule has 4 rings (SSSR count). The van der Waals surface area contributed by atoms with Crippen molar-refractivity contribution in [2.45, 2.75) is 16.7 Å². The lowest BCUT2D eigenvalue weighted by atomic mass is 10.1. The molecular formula is C20H17N3O5S2. The second kappa shape index (κ2) is 7.47. The van der Waals surface area contributed by atoms with Crippen LogP contribution in [0.4, 0.5) is 11.5 Å². The van der Waals surface area contributed by atoms with Crippen LogP contribution in [-0.2, 0) is 20.0 Å². The zero-order valence-electron chi connectivity index (χ0n) is 15.7. The van der Waals surface area contributed by atoms with E-state index in [9.17, 15) is 16.8 Å². The topological polar surface area (TPSA) is 118 Å². The maximum atomic E-state index is 12.7. The molecule has 0 amide bonds. The molecule has 154 valence electrons. The number of fused-ring (bicyclic) bond motifs is 1. The summed E-state index contributed by atoms with van der Waals surface area (Å²) in [4.78, 5) is 0.0674. The predicted molar refractivity (Wildman–Crippen MR) is 113 cm³/mol. The fourth-order valence-corrected chi connectivity index (χ4v) is 4.94. The van der Waals surface area contributed by atoms with Gasteiger partial charge in [0.1, 0.15) is 5.76 Å². The average molecular weight is 444 g/mol. The van der Waals surface area contributed by atoms with Crippen molar-refractivity contribution in [3.8, 4) is 0 Å². The molecule has 0 radical (unpaired) electrons. The van der Waals surface area contributed by atoms with Crippen LogP contribution in [0.25, 0.3) is 10.8 Å². The quantitative estimate of drug-likeness (QED) is 0.469. The van der Waals surface area contributed by atoms with Gasteiger partial charge in [-0.3, -0.25) is 9.44 Å². The van der Waals surface area contributed by atoms with Gasteiger partial charge in [-0.1, -0.05) is 35.5 Å². The van der Waals surface area contributed by atoms with Crippen LogP contribution >= 0.6 is 0 Å². The number of rotatable bonds is 6. The molecule has 0 unspecified atom stereocenters. The molecule has 1 aromatic heterocycles. The van der Waals surface area contributed by atoms with Gasteiger partial charge in [0.05, 0.1) is 9.79 Å². The Morgan fingerprint density at radius 1 is 0.733 bits per heavy atom. The molecule has 2 N–H and O–H groups in total. The van der Waals surface area contributed by atoms with Crippen molar-refractivity contribution in [3.63, 3.8) is 0 Å². The minimum Gasteiger partial charge on any atom is -0.360 e. The smallest absolute Gasteiger partial charge is 0.263 e. The van der Waals surface area contributed by atoms with Gasteiger partial charge in [-0.25, -0.2) is 16.8 Å². The van der Waals surface area contributed by atoms with Crippen molar-refractivity contribution >= 4 is 42.3 Å². The van der Waals surface area contributed by atoms with Crippen LogP contribution in [0, 0.1) is 6.92 Å². The number of hydrogen-bond acceptors (Lipinski definition) is 6. The number of aromatic nitrogens is 1. The molecule has 3 aromatic carbocycles. The number of hydrogen-bond donors (Lipinski definition) is 2. The largest absolute Gasteiger partial charge is 0.360 e. The molecule has 0 atom stereocenters. The summed E-state index contributed by atoms with van der Waals surface area (Å²) in [5.41, 5.74) is 0.236. The number of benzene rings is 3. The third-order valence-electron chi connectivity index (χ3n) is 4.31. The molecule has 0 spiro atoms. The SMILES string of the molecule is Cc1cc(NS(=O)(=O)c2ccc(NS(=O)(=O)c3ccc4ccccc4c3)cc2)no1. The van der Waals surface area contributed by atoms with Crippen molar-refractivity contribution in [1.82, 2.24) is 5.16 Å². The molecule has 0 aliphatic heterocycles. The van der Waals surface area contributed by atoms with Crippen LogP contribution in [0.2, 0.25) is 0 Å². The summed E-state index contributed by atoms with van der Waals surface area (Å²) in [5.74, 6) is 0.528. The Hall–Kier alpha value is -3.37. The van der Waals surface area contributed by atoms with E-state index in [1.165, 1.54) is 36.4 Å². The van der Waals surface area contributed by atoms with E-state index in [0.717, 1.165) is 10.8 Å². The molecule has 0 aliphatic rings. The van der Waals surface area contributed by atoms with Gasteiger partial charge < -0.3 is 4.52 Å². The summed E-state index contributed by atoms with van der Waals surface area (Å²) in [5, 5.41) is 5.32. The lowest BCUT2D eigenvalue weighted by Gasteiger charge is -2.10. The molecule has 0 aliphatic carbocycles. The van der Waals surface area contributed by atoms with Crippen molar-refractivity contribution in [1.29, 1.82) is 0 Å². The maximum absolute atomic E-state index is 12.7. The summed E-state index contributed by atoms with van der Waals surface area (Å²) in [6.07, 6.45) is 0. The number of sulfonamides is 2. The molecule has 30 heavy (non-hydrogen) atoms. The third-order valence-corrected chi connectivity index (χ3v) is 7.06.